The maximum atomic E-state index is 12.9. The maximum Gasteiger partial charge on any atom is 0.472 e. The molecule has 19 heteroatoms. The second-order valence-corrected chi connectivity index (χ2v) is 25.4. The molecule has 0 saturated carbocycles. The normalized spacial score (nSPS) is 14.8. The number of esters is 4. The summed E-state index contributed by atoms with van der Waals surface area (Å²) in [6, 6.07) is 0. The number of hydrogen-bond acceptors (Lipinski definition) is 15. The Labute approximate surface area is 479 Å². The number of rotatable bonds is 59. The van der Waals surface area contributed by atoms with Crippen molar-refractivity contribution in [3.8, 4) is 0 Å². The van der Waals surface area contributed by atoms with Crippen molar-refractivity contribution < 1.29 is 80.2 Å². The van der Waals surface area contributed by atoms with E-state index in [0.717, 1.165) is 115 Å². The van der Waals surface area contributed by atoms with Crippen molar-refractivity contribution in [3.05, 3.63) is 0 Å². The molecule has 17 nitrogen and oxygen atoms in total. The van der Waals surface area contributed by atoms with Crippen LogP contribution < -0.4 is 0 Å². The van der Waals surface area contributed by atoms with Gasteiger partial charge in [-0.25, -0.2) is 9.13 Å². The van der Waals surface area contributed by atoms with E-state index in [4.69, 9.17) is 37.0 Å². The Bertz CT molecular complexity index is 1570. The summed E-state index contributed by atoms with van der Waals surface area (Å²) >= 11 is 0. The lowest BCUT2D eigenvalue weighted by Crippen LogP contribution is -2.30. The molecule has 79 heavy (non-hydrogen) atoms. The number of aliphatic hydroxyl groups is 1. The molecule has 0 heterocycles. The van der Waals surface area contributed by atoms with Gasteiger partial charge in [0.1, 0.15) is 19.3 Å². The van der Waals surface area contributed by atoms with Crippen LogP contribution in [-0.4, -0.2) is 96.7 Å². The molecule has 3 N–H and O–H groups in total. The van der Waals surface area contributed by atoms with Crippen molar-refractivity contribution in [3.63, 3.8) is 0 Å². The summed E-state index contributed by atoms with van der Waals surface area (Å²) in [4.78, 5) is 71.9. The Balaban J connectivity index is 5.23. The fourth-order valence-electron chi connectivity index (χ4n) is 8.79. The summed E-state index contributed by atoms with van der Waals surface area (Å²) in [6.45, 7) is 9.35. The van der Waals surface area contributed by atoms with Gasteiger partial charge in [0.25, 0.3) is 0 Å². The molecule has 0 spiro atoms. The van der Waals surface area contributed by atoms with E-state index in [9.17, 15) is 43.2 Å². The molecule has 0 saturated heterocycles. The van der Waals surface area contributed by atoms with Crippen LogP contribution in [0.25, 0.3) is 0 Å². The van der Waals surface area contributed by atoms with E-state index in [0.29, 0.717) is 25.7 Å². The number of hydrogen-bond donors (Lipinski definition) is 3. The smallest absolute Gasteiger partial charge is 0.462 e. The van der Waals surface area contributed by atoms with Gasteiger partial charge in [-0.15, -0.1) is 0 Å². The third-order valence-corrected chi connectivity index (χ3v) is 16.0. The van der Waals surface area contributed by atoms with Gasteiger partial charge in [0.15, 0.2) is 12.2 Å². The highest BCUT2D eigenvalue weighted by Crippen LogP contribution is 2.45. The Morgan fingerprint density at radius 3 is 0.962 bits per heavy atom. The molecule has 0 aliphatic carbocycles. The third kappa shape index (κ3) is 53.8. The first kappa shape index (κ1) is 77.1. The number of phosphoric ester groups is 2. The van der Waals surface area contributed by atoms with E-state index in [1.807, 2.05) is 0 Å². The molecule has 0 aromatic heterocycles. The summed E-state index contributed by atoms with van der Waals surface area (Å²) in [5.74, 6) is -0.677. The van der Waals surface area contributed by atoms with Crippen molar-refractivity contribution in [1.82, 2.24) is 0 Å². The maximum absolute atomic E-state index is 12.9. The average Bonchev–Trinajstić information content (AvgIpc) is 3.41. The zero-order valence-corrected chi connectivity index (χ0v) is 52.4. The predicted molar refractivity (Wildman–Crippen MR) is 312 cm³/mol. The zero-order chi connectivity index (χ0) is 58.7. The third-order valence-electron chi connectivity index (χ3n) is 14.1. The standard InChI is InChI=1S/C60H116O17P2/c1-7-10-12-14-16-19-24-32-38-44-59(64)76-55(48-70-57(62)42-36-30-23-17-15-13-11-8-2)50-74-78(66,67)72-46-54(61)47-73-79(68,69)75-51-56(49-71-58(63)43-37-31-27-26-29-35-41-53(6)9-3)77-60(65)45-39-33-25-21-18-20-22-28-34-40-52(4)5/h52-56,61H,7-51H2,1-6H3,(H,66,67)(H,68,69)/t53?,54-,55+,56+/m0/s1. The number of carbonyl (C=O) groups excluding carboxylic acids is 4. The highest BCUT2D eigenvalue weighted by Gasteiger charge is 2.30. The van der Waals surface area contributed by atoms with Crippen LogP contribution in [0.2, 0.25) is 0 Å². The minimum absolute atomic E-state index is 0.104. The first-order valence-electron chi connectivity index (χ1n) is 31.5. The fraction of sp³-hybridized carbons (Fsp3) is 0.933. The van der Waals surface area contributed by atoms with Crippen LogP contribution in [-0.2, 0) is 65.4 Å². The van der Waals surface area contributed by atoms with E-state index >= 15 is 0 Å². The number of phosphoric acid groups is 2. The molecular weight excluding hydrogens is 1050 g/mol. The Morgan fingerprint density at radius 1 is 0.367 bits per heavy atom. The average molecular weight is 1170 g/mol. The van der Waals surface area contributed by atoms with Gasteiger partial charge in [-0.1, -0.05) is 241 Å². The van der Waals surface area contributed by atoms with Crippen molar-refractivity contribution in [2.75, 3.05) is 39.6 Å². The minimum atomic E-state index is -4.94. The molecule has 0 aliphatic heterocycles. The van der Waals surface area contributed by atoms with Gasteiger partial charge in [0.2, 0.25) is 0 Å². The molecule has 0 bridgehead atoms. The van der Waals surface area contributed by atoms with Crippen molar-refractivity contribution in [2.24, 2.45) is 11.8 Å². The van der Waals surface area contributed by atoms with Crippen LogP contribution in [0.15, 0.2) is 0 Å². The fourth-order valence-corrected chi connectivity index (χ4v) is 10.4. The topological polar surface area (TPSA) is 237 Å². The SMILES string of the molecule is CCCCCCCCCCCC(=O)O[C@H](COC(=O)CCCCCCCCCC)COP(=O)(O)OC[C@H](O)COP(=O)(O)OC[C@@H](COC(=O)CCCCCCCCC(C)CC)OC(=O)CCCCCCCCCCCC(C)C. The Kier molecular flexibility index (Phi) is 51.5. The highest BCUT2D eigenvalue weighted by atomic mass is 31.2. The van der Waals surface area contributed by atoms with Crippen molar-refractivity contribution >= 4 is 39.5 Å². The molecule has 0 rings (SSSR count). The lowest BCUT2D eigenvalue weighted by molar-refractivity contribution is -0.161. The highest BCUT2D eigenvalue weighted by molar-refractivity contribution is 7.47. The van der Waals surface area contributed by atoms with E-state index in [1.165, 1.54) is 96.3 Å². The number of unbranched alkanes of at least 4 members (excludes halogenated alkanes) is 28. The quantitative estimate of drug-likeness (QED) is 0.0222. The number of carbonyl (C=O) groups is 4. The van der Waals surface area contributed by atoms with Crippen LogP contribution in [0.1, 0.15) is 292 Å². The van der Waals surface area contributed by atoms with Crippen LogP contribution in [0.4, 0.5) is 0 Å². The minimum Gasteiger partial charge on any atom is -0.462 e. The van der Waals surface area contributed by atoms with Gasteiger partial charge in [-0.2, -0.15) is 0 Å². The van der Waals surface area contributed by atoms with Crippen molar-refractivity contribution in [1.29, 1.82) is 0 Å². The van der Waals surface area contributed by atoms with Crippen LogP contribution in [0, 0.1) is 11.8 Å². The van der Waals surface area contributed by atoms with Gasteiger partial charge in [-0.05, 0) is 37.5 Å². The molecule has 0 fully saturated rings. The Hall–Kier alpha value is -1.94. The first-order chi connectivity index (χ1) is 37.9. The summed E-state index contributed by atoms with van der Waals surface area (Å²) < 4.78 is 67.7. The molecule has 3 unspecified atom stereocenters. The zero-order valence-electron chi connectivity index (χ0n) is 50.7. The summed E-state index contributed by atoms with van der Waals surface area (Å²) in [5.41, 5.74) is 0. The predicted octanol–water partition coefficient (Wildman–Crippen LogP) is 16.1. The molecule has 0 aliphatic rings. The molecule has 0 radical (unpaired) electrons. The van der Waals surface area contributed by atoms with E-state index in [2.05, 4.69) is 41.5 Å². The molecule has 0 aromatic rings. The monoisotopic (exact) mass is 1170 g/mol. The largest absolute Gasteiger partial charge is 0.472 e. The van der Waals surface area contributed by atoms with Crippen LogP contribution >= 0.6 is 15.6 Å². The lowest BCUT2D eigenvalue weighted by Gasteiger charge is -2.21. The summed E-state index contributed by atoms with van der Waals surface area (Å²) in [6.07, 6.45) is 33.5. The molecular formula is C60H116O17P2. The summed E-state index contributed by atoms with van der Waals surface area (Å²) in [5, 5.41) is 10.5. The second kappa shape index (κ2) is 52.8. The second-order valence-electron chi connectivity index (χ2n) is 22.5. The molecule has 6 atom stereocenters. The van der Waals surface area contributed by atoms with Gasteiger partial charge in [0, 0.05) is 25.7 Å². The number of aliphatic hydroxyl groups excluding tert-OH is 1. The molecule has 0 aromatic carbocycles. The summed E-state index contributed by atoms with van der Waals surface area (Å²) in [7, 11) is -9.87. The van der Waals surface area contributed by atoms with Gasteiger partial charge >= 0.3 is 39.5 Å². The van der Waals surface area contributed by atoms with Crippen molar-refractivity contribution in [2.45, 2.75) is 310 Å². The Morgan fingerprint density at radius 2 is 0.646 bits per heavy atom. The van der Waals surface area contributed by atoms with Gasteiger partial charge in [0.05, 0.1) is 26.4 Å². The molecule has 0 amide bonds. The van der Waals surface area contributed by atoms with E-state index in [1.54, 1.807) is 0 Å². The lowest BCUT2D eigenvalue weighted by atomic mass is 10.00. The van der Waals surface area contributed by atoms with Crippen LogP contribution in [0.5, 0.6) is 0 Å². The van der Waals surface area contributed by atoms with E-state index < -0.39 is 97.5 Å². The number of ether oxygens (including phenoxy) is 4. The van der Waals surface area contributed by atoms with E-state index in [-0.39, 0.29) is 25.7 Å². The van der Waals surface area contributed by atoms with Gasteiger partial charge in [-0.3, -0.25) is 37.3 Å². The van der Waals surface area contributed by atoms with Crippen LogP contribution in [0.3, 0.4) is 0 Å². The first-order valence-corrected chi connectivity index (χ1v) is 34.5. The molecule has 468 valence electrons. The van der Waals surface area contributed by atoms with Gasteiger partial charge < -0.3 is 33.8 Å².